The number of para-hydroxylation sites is 1. The Morgan fingerprint density at radius 3 is 2.80 bits per heavy atom. The number of hydrogen-bond acceptors (Lipinski definition) is 5. The Balaban J connectivity index is 1.79. The number of tetrazole rings is 1. The molecule has 4 rings (SSSR count). The smallest absolute Gasteiger partial charge is 0.339 e. The second-order valence-electron chi connectivity index (χ2n) is 5.44. The number of alkyl halides is 3. The molecule has 4 aromatic rings. The summed E-state index contributed by atoms with van der Waals surface area (Å²) in [6.07, 6.45) is -3.21. The van der Waals surface area contributed by atoms with Crippen molar-refractivity contribution in [2.45, 2.75) is 19.3 Å². The normalized spacial score (nSPS) is 12.3. The maximum atomic E-state index is 12.7. The number of H-pyrrole nitrogens is 1. The maximum Gasteiger partial charge on any atom is 0.408 e. The van der Waals surface area contributed by atoms with Gasteiger partial charge in [0.25, 0.3) is 5.56 Å². The van der Waals surface area contributed by atoms with Crippen molar-refractivity contribution in [3.63, 3.8) is 0 Å². The van der Waals surface area contributed by atoms with Crippen LogP contribution in [0, 0.1) is 0 Å². The minimum Gasteiger partial charge on any atom is -0.339 e. The van der Waals surface area contributed by atoms with Crippen molar-refractivity contribution >= 4 is 21.9 Å². The molecule has 0 aliphatic heterocycles. The van der Waals surface area contributed by atoms with E-state index in [-0.39, 0.29) is 17.9 Å². The Labute approximate surface area is 136 Å². The highest BCUT2D eigenvalue weighted by atomic mass is 19.4. The van der Waals surface area contributed by atoms with Gasteiger partial charge in [-0.15, -0.1) is 5.10 Å². The van der Waals surface area contributed by atoms with E-state index in [9.17, 15) is 18.0 Å². The first kappa shape index (κ1) is 15.3. The van der Waals surface area contributed by atoms with E-state index < -0.39 is 12.7 Å². The quantitative estimate of drug-likeness (QED) is 0.604. The molecule has 0 saturated carbocycles. The lowest BCUT2D eigenvalue weighted by Crippen LogP contribution is -2.25. The van der Waals surface area contributed by atoms with Gasteiger partial charge in [0.15, 0.2) is 5.82 Å². The zero-order valence-electron chi connectivity index (χ0n) is 12.5. The molecular weight excluding hydrogens is 339 g/mol. The molecule has 0 unspecified atom stereocenters. The first-order valence-corrected chi connectivity index (χ1v) is 7.20. The number of nitrogens with zero attached hydrogens (tertiary/aromatic N) is 6. The predicted octanol–water partition coefficient (Wildman–Crippen LogP) is 1.47. The van der Waals surface area contributed by atoms with Crippen LogP contribution in [0.3, 0.4) is 0 Å². The minimum atomic E-state index is -4.46. The van der Waals surface area contributed by atoms with Crippen molar-refractivity contribution < 1.29 is 13.2 Å². The maximum absolute atomic E-state index is 12.7. The van der Waals surface area contributed by atoms with Gasteiger partial charge in [0.2, 0.25) is 0 Å². The van der Waals surface area contributed by atoms with Gasteiger partial charge in [0.05, 0.1) is 11.9 Å². The molecule has 3 heterocycles. The number of aromatic nitrogens is 7. The van der Waals surface area contributed by atoms with Crippen LogP contribution in [0.25, 0.3) is 21.9 Å². The number of benzene rings is 1. The molecule has 3 aromatic heterocycles. The van der Waals surface area contributed by atoms with E-state index in [1.165, 1.54) is 10.9 Å². The van der Waals surface area contributed by atoms with Crippen molar-refractivity contribution in [2.75, 3.05) is 0 Å². The number of hydrogen-bond donors (Lipinski definition) is 1. The first-order chi connectivity index (χ1) is 11.9. The van der Waals surface area contributed by atoms with Crippen molar-refractivity contribution in [1.29, 1.82) is 0 Å². The minimum absolute atomic E-state index is 0.0829. The van der Waals surface area contributed by atoms with E-state index in [1.54, 1.807) is 12.1 Å². The highest BCUT2D eigenvalue weighted by molar-refractivity contribution is 6.05. The molecule has 0 amide bonds. The average Bonchev–Trinajstić information content (AvgIpc) is 3.13. The monoisotopic (exact) mass is 349 g/mol. The van der Waals surface area contributed by atoms with Gasteiger partial charge in [-0.05, 0) is 16.5 Å². The first-order valence-electron chi connectivity index (χ1n) is 7.20. The summed E-state index contributed by atoms with van der Waals surface area (Å²) < 4.78 is 39.5. The molecule has 11 heteroatoms. The standard InChI is InChI=1S/C14H10F3N7O/c15-14(16,17)6-24-10(20-21-22-24)5-23-7-18-12-11(13(23)25)8-3-1-2-4-9(8)19-12/h1-4,7,19H,5-6H2. The van der Waals surface area contributed by atoms with Gasteiger partial charge in [0, 0.05) is 10.9 Å². The van der Waals surface area contributed by atoms with Gasteiger partial charge in [-0.3, -0.25) is 9.36 Å². The van der Waals surface area contributed by atoms with Crippen LogP contribution in [-0.2, 0) is 13.1 Å². The molecule has 25 heavy (non-hydrogen) atoms. The SMILES string of the molecule is O=c1c2c(ncn1Cc1nnnn1CC(F)(F)F)[nH]c1ccccc12. The fourth-order valence-electron chi connectivity index (χ4n) is 2.66. The fraction of sp³-hybridized carbons (Fsp3) is 0.214. The van der Waals surface area contributed by atoms with Crippen molar-refractivity contribution in [2.24, 2.45) is 0 Å². The number of halogens is 3. The van der Waals surface area contributed by atoms with Gasteiger partial charge in [-0.2, -0.15) is 13.2 Å². The Hall–Kier alpha value is -3.24. The lowest BCUT2D eigenvalue weighted by atomic mass is 10.2. The van der Waals surface area contributed by atoms with Gasteiger partial charge >= 0.3 is 6.18 Å². The van der Waals surface area contributed by atoms with Crippen molar-refractivity contribution in [3.8, 4) is 0 Å². The molecule has 0 bridgehead atoms. The molecule has 0 radical (unpaired) electrons. The van der Waals surface area contributed by atoms with E-state index in [2.05, 4.69) is 25.5 Å². The van der Waals surface area contributed by atoms with Crippen LogP contribution in [-0.4, -0.2) is 40.9 Å². The third-order valence-electron chi connectivity index (χ3n) is 3.73. The van der Waals surface area contributed by atoms with E-state index in [1.807, 2.05) is 12.1 Å². The summed E-state index contributed by atoms with van der Waals surface area (Å²) in [5.74, 6) is -0.0829. The Morgan fingerprint density at radius 2 is 2.00 bits per heavy atom. The highest BCUT2D eigenvalue weighted by Gasteiger charge is 2.30. The molecule has 0 saturated heterocycles. The predicted molar refractivity (Wildman–Crippen MR) is 80.8 cm³/mol. The van der Waals surface area contributed by atoms with Gasteiger partial charge in [0.1, 0.15) is 18.5 Å². The number of rotatable bonds is 3. The molecule has 0 fully saturated rings. The van der Waals surface area contributed by atoms with Crippen LogP contribution in [0.15, 0.2) is 35.4 Å². The zero-order valence-corrected chi connectivity index (χ0v) is 12.5. The molecule has 0 aliphatic carbocycles. The summed E-state index contributed by atoms with van der Waals surface area (Å²) in [6.45, 7) is -1.54. The Bertz CT molecular complexity index is 1120. The van der Waals surface area contributed by atoms with Gasteiger partial charge in [-0.25, -0.2) is 9.67 Å². The Morgan fingerprint density at radius 1 is 1.20 bits per heavy atom. The van der Waals surface area contributed by atoms with Gasteiger partial charge in [-0.1, -0.05) is 18.2 Å². The topological polar surface area (TPSA) is 94.3 Å². The van der Waals surface area contributed by atoms with Crippen molar-refractivity contribution in [1.82, 2.24) is 34.7 Å². The second-order valence-corrected chi connectivity index (χ2v) is 5.44. The summed E-state index contributed by atoms with van der Waals surface area (Å²) in [4.78, 5) is 19.9. The molecule has 128 valence electrons. The number of nitrogens with one attached hydrogen (secondary N) is 1. The summed E-state index contributed by atoms with van der Waals surface area (Å²) in [5.41, 5.74) is 0.781. The molecule has 1 aromatic carbocycles. The summed E-state index contributed by atoms with van der Waals surface area (Å²) in [5, 5.41) is 11.2. The van der Waals surface area contributed by atoms with E-state index in [0.717, 1.165) is 5.52 Å². The zero-order chi connectivity index (χ0) is 17.6. The third-order valence-corrected chi connectivity index (χ3v) is 3.73. The Kier molecular flexibility index (Phi) is 3.30. The van der Waals surface area contributed by atoms with Gasteiger partial charge < -0.3 is 4.98 Å². The molecule has 0 aliphatic rings. The highest BCUT2D eigenvalue weighted by Crippen LogP contribution is 2.21. The summed E-state index contributed by atoms with van der Waals surface area (Å²) in [7, 11) is 0. The summed E-state index contributed by atoms with van der Waals surface area (Å²) in [6, 6.07) is 7.19. The molecular formula is C14H10F3N7O. The largest absolute Gasteiger partial charge is 0.408 e. The summed E-state index contributed by atoms with van der Waals surface area (Å²) >= 11 is 0. The second kappa shape index (κ2) is 5.40. The molecule has 1 N–H and O–H groups in total. The van der Waals surface area contributed by atoms with E-state index >= 15 is 0 Å². The lowest BCUT2D eigenvalue weighted by molar-refractivity contribution is -0.143. The van der Waals surface area contributed by atoms with E-state index in [4.69, 9.17) is 0 Å². The number of fused-ring (bicyclic) bond motifs is 3. The van der Waals surface area contributed by atoms with Crippen LogP contribution in [0.5, 0.6) is 0 Å². The fourth-order valence-corrected chi connectivity index (χ4v) is 2.66. The van der Waals surface area contributed by atoms with Crippen LogP contribution in [0.2, 0.25) is 0 Å². The van der Waals surface area contributed by atoms with Crippen LogP contribution in [0.4, 0.5) is 13.2 Å². The molecule has 0 spiro atoms. The van der Waals surface area contributed by atoms with Crippen molar-refractivity contribution in [3.05, 3.63) is 46.8 Å². The molecule has 0 atom stereocenters. The lowest BCUT2D eigenvalue weighted by Gasteiger charge is -2.08. The number of aromatic amines is 1. The molecule has 8 nitrogen and oxygen atoms in total. The average molecular weight is 349 g/mol. The van der Waals surface area contributed by atoms with Crippen LogP contribution < -0.4 is 5.56 Å². The van der Waals surface area contributed by atoms with Crippen LogP contribution >= 0.6 is 0 Å². The van der Waals surface area contributed by atoms with E-state index in [0.29, 0.717) is 21.1 Å². The van der Waals surface area contributed by atoms with Crippen LogP contribution in [0.1, 0.15) is 5.82 Å². The third kappa shape index (κ3) is 2.73.